The normalized spacial score (nSPS) is 13.2. The average molecular weight is 214 g/mol. The van der Waals surface area contributed by atoms with Gasteiger partial charge < -0.3 is 9.47 Å². The SMILES string of the molecule is C/C=C(\OC(=O)CC)C(C)C(=O)OCC. The van der Waals surface area contributed by atoms with Crippen LogP contribution in [0.3, 0.4) is 0 Å². The van der Waals surface area contributed by atoms with E-state index in [0.29, 0.717) is 12.4 Å². The van der Waals surface area contributed by atoms with Crippen LogP contribution < -0.4 is 0 Å². The fraction of sp³-hybridized carbons (Fsp3) is 0.636. The summed E-state index contributed by atoms with van der Waals surface area (Å²) in [6.07, 6.45) is 1.89. The van der Waals surface area contributed by atoms with Crippen LogP contribution in [0.25, 0.3) is 0 Å². The van der Waals surface area contributed by atoms with Crippen molar-refractivity contribution in [3.63, 3.8) is 0 Å². The van der Waals surface area contributed by atoms with Gasteiger partial charge in [0.05, 0.1) is 6.61 Å². The average Bonchev–Trinajstić information content (AvgIpc) is 2.24. The van der Waals surface area contributed by atoms with Gasteiger partial charge in [-0.15, -0.1) is 0 Å². The van der Waals surface area contributed by atoms with Crippen LogP contribution in [0.1, 0.15) is 34.1 Å². The molecule has 0 aromatic rings. The van der Waals surface area contributed by atoms with Crippen LogP contribution >= 0.6 is 0 Å². The summed E-state index contributed by atoms with van der Waals surface area (Å²) in [5.41, 5.74) is 0. The number of carbonyl (C=O) groups is 2. The molecule has 0 saturated carbocycles. The molecule has 0 aromatic carbocycles. The first kappa shape index (κ1) is 13.7. The van der Waals surface area contributed by atoms with Gasteiger partial charge in [0.25, 0.3) is 0 Å². The number of allylic oxidation sites excluding steroid dienone is 1. The summed E-state index contributed by atoms with van der Waals surface area (Å²) in [6.45, 7) is 7.12. The second-order valence-corrected chi connectivity index (χ2v) is 2.99. The van der Waals surface area contributed by atoms with Gasteiger partial charge in [0.15, 0.2) is 0 Å². The molecule has 1 unspecified atom stereocenters. The highest BCUT2D eigenvalue weighted by atomic mass is 16.6. The van der Waals surface area contributed by atoms with E-state index < -0.39 is 5.92 Å². The molecule has 0 amide bonds. The Hall–Kier alpha value is -1.32. The highest BCUT2D eigenvalue weighted by molar-refractivity contribution is 5.77. The lowest BCUT2D eigenvalue weighted by atomic mass is 10.1. The first-order valence-electron chi connectivity index (χ1n) is 5.10. The zero-order valence-electron chi connectivity index (χ0n) is 9.70. The number of hydrogen-bond donors (Lipinski definition) is 0. The van der Waals surface area contributed by atoms with Crippen molar-refractivity contribution in [3.05, 3.63) is 11.8 Å². The van der Waals surface area contributed by atoms with E-state index in [0.717, 1.165) is 0 Å². The highest BCUT2D eigenvalue weighted by Gasteiger charge is 2.21. The standard InChI is InChI=1S/C11H18O4/c1-5-9(15-10(12)6-2)8(4)11(13)14-7-3/h5,8H,6-7H2,1-4H3/b9-5-. The highest BCUT2D eigenvalue weighted by Crippen LogP contribution is 2.14. The molecular weight excluding hydrogens is 196 g/mol. The van der Waals surface area contributed by atoms with Crippen molar-refractivity contribution >= 4 is 11.9 Å². The zero-order valence-corrected chi connectivity index (χ0v) is 9.70. The van der Waals surface area contributed by atoms with Crippen molar-refractivity contribution < 1.29 is 19.1 Å². The number of ether oxygens (including phenoxy) is 2. The molecule has 0 aliphatic heterocycles. The van der Waals surface area contributed by atoms with E-state index in [1.54, 1.807) is 33.8 Å². The summed E-state index contributed by atoms with van der Waals surface area (Å²) in [4.78, 5) is 22.4. The smallest absolute Gasteiger partial charge is 0.316 e. The van der Waals surface area contributed by atoms with Crippen molar-refractivity contribution in [3.8, 4) is 0 Å². The first-order chi connectivity index (χ1) is 7.06. The van der Waals surface area contributed by atoms with Crippen LogP contribution in [0.4, 0.5) is 0 Å². The van der Waals surface area contributed by atoms with Gasteiger partial charge in [-0.25, -0.2) is 0 Å². The molecule has 0 aliphatic carbocycles. The molecule has 0 spiro atoms. The quantitative estimate of drug-likeness (QED) is 0.519. The molecule has 0 saturated heterocycles. The van der Waals surface area contributed by atoms with Crippen LogP contribution in [0.5, 0.6) is 0 Å². The maximum Gasteiger partial charge on any atom is 0.316 e. The second-order valence-electron chi connectivity index (χ2n) is 2.99. The summed E-state index contributed by atoms with van der Waals surface area (Å²) in [7, 11) is 0. The first-order valence-corrected chi connectivity index (χ1v) is 5.10. The Morgan fingerprint density at radius 3 is 2.33 bits per heavy atom. The lowest BCUT2D eigenvalue weighted by molar-refractivity contribution is -0.149. The number of carbonyl (C=O) groups excluding carboxylic acids is 2. The number of rotatable bonds is 5. The number of hydrogen-bond acceptors (Lipinski definition) is 4. The molecule has 0 N–H and O–H groups in total. The molecule has 0 fully saturated rings. The van der Waals surface area contributed by atoms with Crippen LogP contribution in [0, 0.1) is 5.92 Å². The summed E-state index contributed by atoms with van der Waals surface area (Å²) in [5, 5.41) is 0. The van der Waals surface area contributed by atoms with Gasteiger partial charge in [0, 0.05) is 6.42 Å². The van der Waals surface area contributed by atoms with E-state index in [2.05, 4.69) is 0 Å². The molecule has 0 aliphatic rings. The third-order valence-corrected chi connectivity index (χ3v) is 1.87. The van der Waals surface area contributed by atoms with Gasteiger partial charge in [-0.1, -0.05) is 6.92 Å². The third-order valence-electron chi connectivity index (χ3n) is 1.87. The Morgan fingerprint density at radius 2 is 1.93 bits per heavy atom. The van der Waals surface area contributed by atoms with Crippen LogP contribution in [-0.4, -0.2) is 18.5 Å². The molecule has 0 rings (SSSR count). The molecule has 0 aromatic heterocycles. The molecule has 4 heteroatoms. The maximum atomic E-state index is 11.4. The topological polar surface area (TPSA) is 52.6 Å². The van der Waals surface area contributed by atoms with E-state index >= 15 is 0 Å². The minimum absolute atomic E-state index is 0.285. The van der Waals surface area contributed by atoms with Gasteiger partial charge >= 0.3 is 11.9 Å². The Balaban J connectivity index is 4.42. The van der Waals surface area contributed by atoms with Gasteiger partial charge in [0.2, 0.25) is 0 Å². The summed E-state index contributed by atoms with van der Waals surface area (Å²) < 4.78 is 9.83. The van der Waals surface area contributed by atoms with E-state index in [1.807, 2.05) is 0 Å². The number of esters is 2. The lowest BCUT2D eigenvalue weighted by Gasteiger charge is -2.13. The fourth-order valence-electron chi connectivity index (χ4n) is 0.984. The fourth-order valence-corrected chi connectivity index (χ4v) is 0.984. The monoisotopic (exact) mass is 214 g/mol. The molecule has 1 atom stereocenters. The Morgan fingerprint density at radius 1 is 1.33 bits per heavy atom. The molecule has 0 radical (unpaired) electrons. The maximum absolute atomic E-state index is 11.4. The van der Waals surface area contributed by atoms with Crippen molar-refractivity contribution in [1.29, 1.82) is 0 Å². The molecule has 86 valence electrons. The zero-order chi connectivity index (χ0) is 11.8. The lowest BCUT2D eigenvalue weighted by Crippen LogP contribution is -2.20. The third kappa shape index (κ3) is 4.63. The van der Waals surface area contributed by atoms with Gasteiger partial charge in [-0.05, 0) is 26.8 Å². The van der Waals surface area contributed by atoms with Crippen LogP contribution in [0.15, 0.2) is 11.8 Å². The summed E-state index contributed by atoms with van der Waals surface area (Å²) >= 11 is 0. The van der Waals surface area contributed by atoms with Crippen molar-refractivity contribution in [2.24, 2.45) is 5.92 Å². The molecular formula is C11H18O4. The Labute approximate surface area is 90.2 Å². The van der Waals surface area contributed by atoms with Crippen LogP contribution in [-0.2, 0) is 19.1 Å². The largest absolute Gasteiger partial charge is 0.465 e. The minimum atomic E-state index is -0.537. The minimum Gasteiger partial charge on any atom is -0.465 e. The summed E-state index contributed by atoms with van der Waals surface area (Å²) in [5.74, 6) is -0.917. The van der Waals surface area contributed by atoms with Gasteiger partial charge in [-0.2, -0.15) is 0 Å². The Bertz CT molecular complexity index is 255. The van der Waals surface area contributed by atoms with Crippen molar-refractivity contribution in [2.45, 2.75) is 34.1 Å². The van der Waals surface area contributed by atoms with Gasteiger partial charge in [-0.3, -0.25) is 9.59 Å². The van der Waals surface area contributed by atoms with Crippen molar-refractivity contribution in [1.82, 2.24) is 0 Å². The van der Waals surface area contributed by atoms with E-state index in [9.17, 15) is 9.59 Å². The predicted molar refractivity (Wildman–Crippen MR) is 55.9 cm³/mol. The molecule has 4 nitrogen and oxygen atoms in total. The molecule has 15 heavy (non-hydrogen) atoms. The predicted octanol–water partition coefficient (Wildman–Crippen LogP) is 2.04. The van der Waals surface area contributed by atoms with Crippen molar-refractivity contribution in [2.75, 3.05) is 6.61 Å². The second kappa shape index (κ2) is 7.04. The van der Waals surface area contributed by atoms with E-state index in [1.165, 1.54) is 0 Å². The van der Waals surface area contributed by atoms with E-state index in [4.69, 9.17) is 9.47 Å². The van der Waals surface area contributed by atoms with Crippen LogP contribution in [0.2, 0.25) is 0 Å². The molecule has 0 bridgehead atoms. The summed E-state index contributed by atoms with van der Waals surface area (Å²) in [6, 6.07) is 0. The molecule has 0 heterocycles. The Kier molecular flexibility index (Phi) is 6.42. The van der Waals surface area contributed by atoms with E-state index in [-0.39, 0.29) is 18.4 Å². The van der Waals surface area contributed by atoms with Gasteiger partial charge in [0.1, 0.15) is 11.7 Å².